The highest BCUT2D eigenvalue weighted by molar-refractivity contribution is 6.30. The predicted molar refractivity (Wildman–Crippen MR) is 85.5 cm³/mol. The molecule has 2 N–H and O–H groups in total. The van der Waals surface area contributed by atoms with Crippen molar-refractivity contribution in [3.63, 3.8) is 0 Å². The number of carboxylic acids is 1. The van der Waals surface area contributed by atoms with E-state index < -0.39 is 18.2 Å². The molecule has 1 heterocycles. The Balaban J connectivity index is 1.59. The summed E-state index contributed by atoms with van der Waals surface area (Å²) >= 11 is 5.94. The molecule has 2 aliphatic rings. The summed E-state index contributed by atoms with van der Waals surface area (Å²) < 4.78 is 5.29. The molecule has 6 heteroatoms. The lowest BCUT2D eigenvalue weighted by atomic mass is 9.64. The van der Waals surface area contributed by atoms with Crippen molar-refractivity contribution < 1.29 is 19.4 Å². The molecule has 5 nitrogen and oxygen atoms in total. The molecule has 1 aromatic rings. The number of hydrogen-bond acceptors (Lipinski definition) is 3. The van der Waals surface area contributed by atoms with Crippen molar-refractivity contribution >= 4 is 23.5 Å². The molecular formula is C17H20ClNO4. The van der Waals surface area contributed by atoms with E-state index >= 15 is 0 Å². The van der Waals surface area contributed by atoms with Crippen molar-refractivity contribution in [2.24, 2.45) is 0 Å². The van der Waals surface area contributed by atoms with Crippen LogP contribution in [0, 0.1) is 0 Å². The summed E-state index contributed by atoms with van der Waals surface area (Å²) in [6.07, 6.45) is 2.51. The third kappa shape index (κ3) is 3.35. The maximum atomic E-state index is 12.2. The van der Waals surface area contributed by atoms with Gasteiger partial charge in [0.25, 0.3) is 0 Å². The molecule has 0 aromatic heterocycles. The Bertz CT molecular complexity index is 597. The van der Waals surface area contributed by atoms with Crippen LogP contribution in [-0.2, 0) is 19.7 Å². The maximum absolute atomic E-state index is 12.2. The molecule has 1 amide bonds. The number of amides is 1. The first-order chi connectivity index (χ1) is 11.0. The zero-order valence-corrected chi connectivity index (χ0v) is 13.5. The van der Waals surface area contributed by atoms with Crippen molar-refractivity contribution in [3.05, 3.63) is 34.9 Å². The Morgan fingerprint density at radius 1 is 1.22 bits per heavy atom. The van der Waals surface area contributed by atoms with E-state index in [9.17, 15) is 9.59 Å². The van der Waals surface area contributed by atoms with E-state index in [-0.39, 0.29) is 11.3 Å². The average molecular weight is 338 g/mol. The van der Waals surface area contributed by atoms with Gasteiger partial charge in [0.05, 0.1) is 0 Å². The largest absolute Gasteiger partial charge is 0.479 e. The van der Waals surface area contributed by atoms with Gasteiger partial charge in [0.15, 0.2) is 6.10 Å². The minimum absolute atomic E-state index is 0.0367. The van der Waals surface area contributed by atoms with E-state index in [1.54, 1.807) is 0 Å². The molecule has 2 fully saturated rings. The van der Waals surface area contributed by atoms with E-state index in [4.69, 9.17) is 21.4 Å². The van der Waals surface area contributed by atoms with Crippen LogP contribution in [0.25, 0.3) is 0 Å². The van der Waals surface area contributed by atoms with E-state index in [2.05, 4.69) is 5.32 Å². The highest BCUT2D eigenvalue weighted by atomic mass is 35.5. The third-order valence-electron chi connectivity index (χ3n) is 4.96. The van der Waals surface area contributed by atoms with E-state index in [0.29, 0.717) is 24.4 Å². The summed E-state index contributed by atoms with van der Waals surface area (Å²) in [5.74, 6) is -1.22. The van der Waals surface area contributed by atoms with Crippen LogP contribution in [0.4, 0.5) is 0 Å². The normalized spacial score (nSPS) is 25.6. The van der Waals surface area contributed by atoms with Crippen molar-refractivity contribution in [1.82, 2.24) is 5.32 Å². The van der Waals surface area contributed by atoms with Gasteiger partial charge in [-0.1, -0.05) is 30.2 Å². The molecule has 0 radical (unpaired) electrons. The summed E-state index contributed by atoms with van der Waals surface area (Å²) in [4.78, 5) is 23.1. The quantitative estimate of drug-likeness (QED) is 0.865. The lowest BCUT2D eigenvalue weighted by molar-refractivity contribution is -0.151. The fourth-order valence-electron chi connectivity index (χ4n) is 3.36. The molecule has 0 bridgehead atoms. The fourth-order valence-corrected chi connectivity index (χ4v) is 3.48. The number of ether oxygens (including phenoxy) is 1. The number of halogens is 1. The zero-order valence-electron chi connectivity index (χ0n) is 12.8. The van der Waals surface area contributed by atoms with Gasteiger partial charge in [-0.2, -0.15) is 0 Å². The van der Waals surface area contributed by atoms with Crippen LogP contribution in [-0.4, -0.2) is 35.7 Å². The van der Waals surface area contributed by atoms with Crippen LogP contribution >= 0.6 is 11.6 Å². The Kier molecular flexibility index (Phi) is 4.60. The first kappa shape index (κ1) is 16.3. The minimum atomic E-state index is -1.00. The molecule has 1 aliphatic carbocycles. The van der Waals surface area contributed by atoms with Crippen molar-refractivity contribution in [2.75, 3.05) is 6.54 Å². The van der Waals surface area contributed by atoms with Crippen molar-refractivity contribution in [2.45, 2.75) is 49.7 Å². The zero-order chi connectivity index (χ0) is 16.4. The van der Waals surface area contributed by atoms with Crippen molar-refractivity contribution in [1.29, 1.82) is 0 Å². The van der Waals surface area contributed by atoms with E-state index in [1.165, 1.54) is 5.56 Å². The van der Waals surface area contributed by atoms with Crippen LogP contribution in [0.15, 0.2) is 24.3 Å². The topological polar surface area (TPSA) is 75.6 Å². The molecule has 23 heavy (non-hydrogen) atoms. The summed E-state index contributed by atoms with van der Waals surface area (Å²) in [5.41, 5.74) is 1.15. The van der Waals surface area contributed by atoms with Gasteiger partial charge in [-0.3, -0.25) is 4.79 Å². The second-order valence-electron chi connectivity index (χ2n) is 6.39. The average Bonchev–Trinajstić information content (AvgIpc) is 2.98. The molecule has 1 aliphatic heterocycles. The van der Waals surface area contributed by atoms with Gasteiger partial charge in [0.1, 0.15) is 6.10 Å². The summed E-state index contributed by atoms with van der Waals surface area (Å²) in [6, 6.07) is 7.77. The maximum Gasteiger partial charge on any atom is 0.332 e. The van der Waals surface area contributed by atoms with E-state index in [1.807, 2.05) is 24.3 Å². The molecule has 0 spiro atoms. The Morgan fingerprint density at radius 2 is 1.87 bits per heavy atom. The second-order valence-corrected chi connectivity index (χ2v) is 6.82. The first-order valence-electron chi connectivity index (χ1n) is 7.92. The molecule has 2 atom stereocenters. The van der Waals surface area contributed by atoms with E-state index in [0.717, 1.165) is 19.3 Å². The lowest BCUT2D eigenvalue weighted by Gasteiger charge is -2.42. The number of hydrogen-bond donors (Lipinski definition) is 2. The summed E-state index contributed by atoms with van der Waals surface area (Å²) in [5, 5.41) is 12.6. The molecule has 1 saturated carbocycles. The number of nitrogens with one attached hydrogen (secondary N) is 1. The number of carbonyl (C=O) groups is 2. The number of aliphatic carboxylic acids is 1. The number of benzene rings is 1. The second kappa shape index (κ2) is 6.49. The summed E-state index contributed by atoms with van der Waals surface area (Å²) in [6.45, 7) is 0.547. The van der Waals surface area contributed by atoms with Gasteiger partial charge in [0, 0.05) is 17.0 Å². The number of carbonyl (C=O) groups excluding carboxylic acids is 1. The highest BCUT2D eigenvalue weighted by Gasteiger charge is 2.40. The van der Waals surface area contributed by atoms with Crippen LogP contribution in [0.2, 0.25) is 5.02 Å². The molecule has 124 valence electrons. The van der Waals surface area contributed by atoms with Gasteiger partial charge < -0.3 is 15.2 Å². The number of carboxylic acid groups (broad SMARTS) is 1. The van der Waals surface area contributed by atoms with Crippen LogP contribution < -0.4 is 5.32 Å². The Morgan fingerprint density at radius 3 is 2.39 bits per heavy atom. The first-order valence-corrected chi connectivity index (χ1v) is 8.30. The lowest BCUT2D eigenvalue weighted by Crippen LogP contribution is -2.48. The van der Waals surface area contributed by atoms with Crippen LogP contribution in [0.1, 0.15) is 37.7 Å². The highest BCUT2D eigenvalue weighted by Crippen LogP contribution is 2.43. The Hall–Kier alpha value is -1.59. The predicted octanol–water partition coefficient (Wildman–Crippen LogP) is 2.51. The van der Waals surface area contributed by atoms with Crippen molar-refractivity contribution in [3.8, 4) is 0 Å². The smallest absolute Gasteiger partial charge is 0.332 e. The molecular weight excluding hydrogens is 318 g/mol. The third-order valence-corrected chi connectivity index (χ3v) is 5.21. The monoisotopic (exact) mass is 337 g/mol. The van der Waals surface area contributed by atoms with Gasteiger partial charge in [-0.15, -0.1) is 0 Å². The molecule has 3 rings (SSSR count). The summed E-state index contributed by atoms with van der Waals surface area (Å²) in [7, 11) is 0. The van der Waals surface area contributed by atoms with Gasteiger partial charge in [-0.05, 0) is 43.4 Å². The van der Waals surface area contributed by atoms with Crippen LogP contribution in [0.3, 0.4) is 0 Å². The van der Waals surface area contributed by atoms with Crippen LogP contribution in [0.5, 0.6) is 0 Å². The molecule has 1 saturated heterocycles. The Labute approximate surface area is 140 Å². The molecule has 1 aromatic carbocycles. The number of rotatable bonds is 5. The van der Waals surface area contributed by atoms with Gasteiger partial charge >= 0.3 is 5.97 Å². The standard InChI is InChI=1S/C17H20ClNO4/c18-12-4-2-11(3-5-12)17(8-1-9-17)10-19-15(20)13-6-7-14(23-13)16(21)22/h2-5,13-14H,1,6-10H2,(H,19,20)(H,21,22)/t13-,14+/m0/s1. The van der Waals surface area contributed by atoms with Gasteiger partial charge in [-0.25, -0.2) is 4.79 Å². The molecule has 0 unspecified atom stereocenters. The minimum Gasteiger partial charge on any atom is -0.479 e. The fraction of sp³-hybridized carbons (Fsp3) is 0.529. The SMILES string of the molecule is O=C(NCC1(c2ccc(Cl)cc2)CCC1)[C@@H]1CC[C@H](C(=O)O)O1. The van der Waals surface area contributed by atoms with Gasteiger partial charge in [0.2, 0.25) is 5.91 Å².